The lowest BCUT2D eigenvalue weighted by Gasteiger charge is -2.01. The van der Waals surface area contributed by atoms with Crippen molar-refractivity contribution < 1.29 is 9.53 Å². The number of hydrogen-bond acceptors (Lipinski definition) is 3. The van der Waals surface area contributed by atoms with Gasteiger partial charge in [0.2, 0.25) is 0 Å². The highest BCUT2D eigenvalue weighted by Crippen LogP contribution is 2.41. The van der Waals surface area contributed by atoms with Crippen molar-refractivity contribution in [1.29, 1.82) is 0 Å². The van der Waals surface area contributed by atoms with Crippen LogP contribution in [0.4, 0.5) is 5.69 Å². The normalized spacial score (nSPS) is 21.1. The molecule has 2 aromatic rings. The van der Waals surface area contributed by atoms with Gasteiger partial charge < -0.3 is 10.5 Å². The molecule has 96 valence electrons. The molecule has 2 atom stereocenters. The Kier molecular flexibility index (Phi) is 2.84. The van der Waals surface area contributed by atoms with Gasteiger partial charge in [-0.1, -0.05) is 42.0 Å². The van der Waals surface area contributed by atoms with Crippen molar-refractivity contribution >= 4 is 11.5 Å². The molecule has 1 aliphatic heterocycles. The van der Waals surface area contributed by atoms with Crippen molar-refractivity contribution in [2.75, 3.05) is 5.73 Å². The van der Waals surface area contributed by atoms with Crippen LogP contribution in [0.2, 0.25) is 0 Å². The number of aryl methyl sites for hydroxylation is 1. The van der Waals surface area contributed by atoms with E-state index in [1.807, 2.05) is 43.3 Å². The summed E-state index contributed by atoms with van der Waals surface area (Å²) in [6.07, 6.45) is -0.528. The minimum absolute atomic E-state index is 0.0383. The van der Waals surface area contributed by atoms with E-state index in [2.05, 4.69) is 0 Å². The number of carbonyl (C=O) groups excluding carboxylic acids is 1. The Morgan fingerprint density at radius 2 is 1.79 bits per heavy atom. The van der Waals surface area contributed by atoms with E-state index in [1.165, 1.54) is 5.56 Å². The SMILES string of the molecule is Cc1ccc(C2OC2C(=O)c2ccccc2N)cc1. The number of nitrogen functional groups attached to an aromatic ring is 1. The first-order valence-electron chi connectivity index (χ1n) is 6.27. The highest BCUT2D eigenvalue weighted by Gasteiger charge is 2.46. The average Bonchev–Trinajstić information content (AvgIpc) is 3.20. The van der Waals surface area contributed by atoms with Crippen molar-refractivity contribution in [3.8, 4) is 0 Å². The first-order valence-corrected chi connectivity index (χ1v) is 6.27. The molecule has 3 nitrogen and oxygen atoms in total. The summed E-state index contributed by atoms with van der Waals surface area (Å²) in [5.41, 5.74) is 9.10. The Morgan fingerprint density at radius 3 is 2.47 bits per heavy atom. The number of carbonyl (C=O) groups is 1. The van der Waals surface area contributed by atoms with Gasteiger partial charge in [0.15, 0.2) is 11.9 Å². The third-order valence-electron chi connectivity index (χ3n) is 3.38. The average molecular weight is 253 g/mol. The second kappa shape index (κ2) is 4.52. The first kappa shape index (κ1) is 11.9. The van der Waals surface area contributed by atoms with Crippen molar-refractivity contribution in [3.63, 3.8) is 0 Å². The molecule has 2 N–H and O–H groups in total. The molecule has 1 saturated heterocycles. The molecule has 0 radical (unpaired) electrons. The van der Waals surface area contributed by atoms with Gasteiger partial charge >= 0.3 is 0 Å². The number of para-hydroxylation sites is 1. The lowest BCUT2D eigenvalue weighted by Crippen LogP contribution is -2.10. The predicted molar refractivity (Wildman–Crippen MR) is 74.0 cm³/mol. The molecule has 0 aliphatic carbocycles. The van der Waals surface area contributed by atoms with Crippen LogP contribution in [-0.4, -0.2) is 11.9 Å². The fraction of sp³-hybridized carbons (Fsp3) is 0.188. The molecular formula is C16H15NO2. The molecule has 1 fully saturated rings. The molecular weight excluding hydrogens is 238 g/mol. The van der Waals surface area contributed by atoms with Crippen LogP contribution in [0.3, 0.4) is 0 Å². The first-order chi connectivity index (χ1) is 9.16. The van der Waals surface area contributed by atoms with E-state index in [0.717, 1.165) is 5.56 Å². The largest absolute Gasteiger partial charge is 0.398 e. The Morgan fingerprint density at radius 1 is 1.11 bits per heavy atom. The van der Waals surface area contributed by atoms with E-state index in [-0.39, 0.29) is 11.9 Å². The Labute approximate surface area is 112 Å². The molecule has 3 rings (SSSR count). The van der Waals surface area contributed by atoms with Gasteiger partial charge in [-0.3, -0.25) is 4.79 Å². The van der Waals surface area contributed by atoms with Crippen LogP contribution in [0.25, 0.3) is 0 Å². The van der Waals surface area contributed by atoms with Gasteiger partial charge in [0, 0.05) is 11.3 Å². The summed E-state index contributed by atoms with van der Waals surface area (Å²) >= 11 is 0. The van der Waals surface area contributed by atoms with Gasteiger partial charge in [-0.25, -0.2) is 0 Å². The fourth-order valence-corrected chi connectivity index (χ4v) is 2.20. The van der Waals surface area contributed by atoms with Gasteiger partial charge in [0.1, 0.15) is 6.10 Å². The van der Waals surface area contributed by atoms with Crippen LogP contribution in [-0.2, 0) is 4.74 Å². The van der Waals surface area contributed by atoms with Gasteiger partial charge in [-0.15, -0.1) is 0 Å². The number of Topliss-reactive ketones (excluding diaryl/α,β-unsaturated/α-hetero) is 1. The van der Waals surface area contributed by atoms with E-state index >= 15 is 0 Å². The lowest BCUT2D eigenvalue weighted by molar-refractivity contribution is 0.0954. The molecule has 1 aliphatic rings. The van der Waals surface area contributed by atoms with Crippen LogP contribution in [0.5, 0.6) is 0 Å². The van der Waals surface area contributed by atoms with Crippen LogP contribution >= 0.6 is 0 Å². The van der Waals surface area contributed by atoms with E-state index in [1.54, 1.807) is 12.1 Å². The van der Waals surface area contributed by atoms with Crippen LogP contribution < -0.4 is 5.73 Å². The molecule has 2 aromatic carbocycles. The summed E-state index contributed by atoms with van der Waals surface area (Å²) in [6, 6.07) is 15.2. The summed E-state index contributed by atoms with van der Waals surface area (Å²) in [5.74, 6) is -0.0383. The van der Waals surface area contributed by atoms with Gasteiger partial charge in [0.25, 0.3) is 0 Å². The van der Waals surface area contributed by atoms with Crippen LogP contribution in [0.1, 0.15) is 27.6 Å². The minimum atomic E-state index is -0.396. The lowest BCUT2D eigenvalue weighted by atomic mass is 10.0. The monoisotopic (exact) mass is 253 g/mol. The number of ketones is 1. The molecule has 0 aromatic heterocycles. The van der Waals surface area contributed by atoms with Crippen molar-refractivity contribution in [1.82, 2.24) is 0 Å². The number of anilines is 1. The summed E-state index contributed by atoms with van der Waals surface area (Å²) in [5, 5.41) is 0. The smallest absolute Gasteiger partial charge is 0.196 e. The number of nitrogens with two attached hydrogens (primary N) is 1. The third-order valence-corrected chi connectivity index (χ3v) is 3.38. The third kappa shape index (κ3) is 2.25. The van der Waals surface area contributed by atoms with E-state index < -0.39 is 6.10 Å². The van der Waals surface area contributed by atoms with E-state index in [9.17, 15) is 4.79 Å². The maximum Gasteiger partial charge on any atom is 0.196 e. The minimum Gasteiger partial charge on any atom is -0.398 e. The zero-order valence-electron chi connectivity index (χ0n) is 10.7. The second-order valence-electron chi connectivity index (χ2n) is 4.84. The number of ether oxygens (including phenoxy) is 1. The van der Waals surface area contributed by atoms with Gasteiger partial charge in [0.05, 0.1) is 0 Å². The standard InChI is InChI=1S/C16H15NO2/c1-10-6-8-11(9-7-10)15-16(19-15)14(18)12-4-2-3-5-13(12)17/h2-9,15-16H,17H2,1H3. The zero-order valence-corrected chi connectivity index (χ0v) is 10.7. The molecule has 0 spiro atoms. The van der Waals surface area contributed by atoms with E-state index in [0.29, 0.717) is 11.3 Å². The molecule has 0 bridgehead atoms. The maximum atomic E-state index is 12.3. The molecule has 0 amide bonds. The highest BCUT2D eigenvalue weighted by atomic mass is 16.6. The molecule has 19 heavy (non-hydrogen) atoms. The van der Waals surface area contributed by atoms with Crippen LogP contribution in [0, 0.1) is 6.92 Å². The Bertz CT molecular complexity index is 619. The van der Waals surface area contributed by atoms with Crippen LogP contribution in [0.15, 0.2) is 48.5 Å². The number of hydrogen-bond donors (Lipinski definition) is 1. The number of rotatable bonds is 3. The van der Waals surface area contributed by atoms with Crippen molar-refractivity contribution in [2.45, 2.75) is 19.1 Å². The summed E-state index contributed by atoms with van der Waals surface area (Å²) in [7, 11) is 0. The summed E-state index contributed by atoms with van der Waals surface area (Å²) < 4.78 is 5.51. The molecule has 3 heteroatoms. The molecule has 0 saturated carbocycles. The number of benzene rings is 2. The fourth-order valence-electron chi connectivity index (χ4n) is 2.20. The van der Waals surface area contributed by atoms with Gasteiger partial charge in [-0.05, 0) is 24.6 Å². The summed E-state index contributed by atoms with van der Waals surface area (Å²) in [6.45, 7) is 2.03. The Hall–Kier alpha value is -2.13. The van der Waals surface area contributed by atoms with Crippen molar-refractivity contribution in [3.05, 3.63) is 65.2 Å². The highest BCUT2D eigenvalue weighted by molar-refractivity contribution is 6.05. The zero-order chi connectivity index (χ0) is 13.4. The quantitative estimate of drug-likeness (QED) is 0.520. The predicted octanol–water partition coefficient (Wildman–Crippen LogP) is 2.90. The Balaban J connectivity index is 1.78. The van der Waals surface area contributed by atoms with Gasteiger partial charge in [-0.2, -0.15) is 0 Å². The topological polar surface area (TPSA) is 55.6 Å². The molecule has 1 heterocycles. The maximum absolute atomic E-state index is 12.3. The second-order valence-corrected chi connectivity index (χ2v) is 4.84. The van der Waals surface area contributed by atoms with E-state index in [4.69, 9.17) is 10.5 Å². The molecule has 2 unspecified atom stereocenters. The van der Waals surface area contributed by atoms with Crippen molar-refractivity contribution in [2.24, 2.45) is 0 Å². The summed E-state index contributed by atoms with van der Waals surface area (Å²) in [4.78, 5) is 12.3. The number of epoxide rings is 1.